The number of ether oxygens (including phenoxy) is 1. The number of hydrogen-bond acceptors (Lipinski definition) is 3. The van der Waals surface area contributed by atoms with E-state index in [2.05, 4.69) is 6.58 Å². The summed E-state index contributed by atoms with van der Waals surface area (Å²) in [4.78, 5) is 24.3. The summed E-state index contributed by atoms with van der Waals surface area (Å²) in [5.74, 6) is -1.05. The molecule has 0 saturated heterocycles. The van der Waals surface area contributed by atoms with Crippen LogP contribution in [0.25, 0.3) is 0 Å². The maximum Gasteiger partial charge on any atom is 0.307 e. The van der Waals surface area contributed by atoms with Gasteiger partial charge in [0, 0.05) is 11.6 Å². The number of carboxylic acid groups (broad SMARTS) is 1. The summed E-state index contributed by atoms with van der Waals surface area (Å²) in [6, 6.07) is 4.85. The molecule has 1 aliphatic heterocycles. The van der Waals surface area contributed by atoms with Crippen LogP contribution in [0.3, 0.4) is 0 Å². The van der Waals surface area contributed by atoms with Crippen LogP contribution in [-0.2, 0) is 9.59 Å². The zero-order chi connectivity index (χ0) is 14.0. The van der Waals surface area contributed by atoms with Gasteiger partial charge in [-0.15, -0.1) is 6.58 Å². The molecule has 1 aromatic rings. The van der Waals surface area contributed by atoms with Gasteiger partial charge in [-0.2, -0.15) is 0 Å². The van der Waals surface area contributed by atoms with Crippen molar-refractivity contribution in [2.24, 2.45) is 0 Å². The molecule has 0 aromatic heterocycles. The number of benzene rings is 1. The van der Waals surface area contributed by atoms with E-state index in [0.29, 0.717) is 16.5 Å². The normalized spacial score (nSPS) is 17.6. The Morgan fingerprint density at radius 1 is 1.58 bits per heavy atom. The van der Waals surface area contributed by atoms with Crippen LogP contribution < -0.4 is 9.64 Å². The van der Waals surface area contributed by atoms with E-state index in [1.54, 1.807) is 24.3 Å². The maximum absolute atomic E-state index is 12.2. The van der Waals surface area contributed by atoms with Gasteiger partial charge in [-0.05, 0) is 18.2 Å². The summed E-state index contributed by atoms with van der Waals surface area (Å²) >= 11 is 5.90. The molecule has 5 nitrogen and oxygen atoms in total. The average Bonchev–Trinajstić information content (AvgIpc) is 2.35. The van der Waals surface area contributed by atoms with Crippen molar-refractivity contribution in [3.05, 3.63) is 35.9 Å². The van der Waals surface area contributed by atoms with E-state index in [0.717, 1.165) is 0 Å². The second-order valence-corrected chi connectivity index (χ2v) is 4.49. The highest BCUT2D eigenvalue weighted by atomic mass is 35.5. The number of fused-ring (bicyclic) bond motifs is 1. The molecule has 1 aromatic carbocycles. The summed E-state index contributed by atoms with van der Waals surface area (Å²) in [6.45, 7) is 3.86. The maximum atomic E-state index is 12.2. The van der Waals surface area contributed by atoms with Crippen molar-refractivity contribution in [2.45, 2.75) is 12.5 Å². The second kappa shape index (κ2) is 5.32. The van der Waals surface area contributed by atoms with Crippen molar-refractivity contribution in [1.29, 1.82) is 0 Å². The van der Waals surface area contributed by atoms with Gasteiger partial charge < -0.3 is 14.7 Å². The fraction of sp³-hybridized carbons (Fsp3) is 0.231. The fourth-order valence-corrected chi connectivity index (χ4v) is 2.07. The molecule has 0 aliphatic carbocycles. The Balaban J connectivity index is 2.40. The lowest BCUT2D eigenvalue weighted by Crippen LogP contribution is -2.46. The molecule has 1 N–H and O–H groups in total. The van der Waals surface area contributed by atoms with Gasteiger partial charge in [-0.3, -0.25) is 9.59 Å². The summed E-state index contributed by atoms with van der Waals surface area (Å²) in [6.07, 6.45) is 0.159. The van der Waals surface area contributed by atoms with Crippen LogP contribution in [0.15, 0.2) is 30.9 Å². The Morgan fingerprint density at radius 2 is 2.32 bits per heavy atom. The summed E-state index contributed by atoms with van der Waals surface area (Å²) in [7, 11) is 0. The van der Waals surface area contributed by atoms with E-state index < -0.39 is 18.0 Å². The van der Waals surface area contributed by atoms with E-state index in [9.17, 15) is 9.59 Å². The topological polar surface area (TPSA) is 66.8 Å². The van der Waals surface area contributed by atoms with E-state index in [4.69, 9.17) is 21.4 Å². The Bertz CT molecular complexity index is 543. The molecule has 100 valence electrons. The molecule has 0 radical (unpaired) electrons. The van der Waals surface area contributed by atoms with Crippen LogP contribution in [0, 0.1) is 0 Å². The average molecular weight is 282 g/mol. The minimum absolute atomic E-state index is 0.269. The molecule has 1 unspecified atom stereocenters. The lowest BCUT2D eigenvalue weighted by atomic mass is 10.1. The molecular weight excluding hydrogens is 270 g/mol. The van der Waals surface area contributed by atoms with Crippen LogP contribution in [0.4, 0.5) is 5.69 Å². The summed E-state index contributed by atoms with van der Waals surface area (Å²) < 4.78 is 5.42. The molecule has 1 amide bonds. The molecule has 0 bridgehead atoms. The number of halogens is 1. The predicted octanol–water partition coefficient (Wildman–Crippen LogP) is 2.09. The number of aliphatic carboxylic acids is 1. The Morgan fingerprint density at radius 3 is 2.95 bits per heavy atom. The molecule has 0 saturated carbocycles. The summed E-state index contributed by atoms with van der Waals surface area (Å²) in [5.41, 5.74) is 0.527. The monoisotopic (exact) mass is 281 g/mol. The number of amides is 1. The third-order valence-electron chi connectivity index (χ3n) is 2.69. The van der Waals surface area contributed by atoms with Gasteiger partial charge in [0.05, 0.1) is 12.1 Å². The van der Waals surface area contributed by atoms with Crippen LogP contribution in [0.2, 0.25) is 5.02 Å². The van der Waals surface area contributed by atoms with Crippen molar-refractivity contribution >= 4 is 29.2 Å². The van der Waals surface area contributed by atoms with Crippen molar-refractivity contribution in [2.75, 3.05) is 11.4 Å². The number of rotatable bonds is 4. The molecule has 1 heterocycles. The molecule has 0 spiro atoms. The number of nitrogens with zero attached hydrogens (tertiary/aromatic N) is 1. The first-order chi connectivity index (χ1) is 9.02. The van der Waals surface area contributed by atoms with Crippen molar-refractivity contribution in [3.63, 3.8) is 0 Å². The van der Waals surface area contributed by atoms with Crippen LogP contribution >= 0.6 is 11.6 Å². The Hall–Kier alpha value is -2.01. The SMILES string of the molecule is C=CCN1C(=O)C(CC(=O)O)Oc2ccc(Cl)cc21. The van der Waals surface area contributed by atoms with Crippen LogP contribution in [0.5, 0.6) is 5.75 Å². The van der Waals surface area contributed by atoms with Gasteiger partial charge in [0.1, 0.15) is 5.75 Å². The first-order valence-electron chi connectivity index (χ1n) is 5.63. The number of carbonyl (C=O) groups is 2. The minimum atomic E-state index is -1.09. The Kier molecular flexibility index (Phi) is 3.76. The fourth-order valence-electron chi connectivity index (χ4n) is 1.90. The number of anilines is 1. The molecular formula is C13H12ClNO4. The standard InChI is InChI=1S/C13H12ClNO4/c1-2-5-15-9-6-8(14)3-4-10(9)19-11(13(15)18)7-12(16)17/h2-4,6,11H,1,5,7H2,(H,16,17). The molecule has 1 atom stereocenters. The highest BCUT2D eigenvalue weighted by Crippen LogP contribution is 2.36. The lowest BCUT2D eigenvalue weighted by molar-refractivity contribution is -0.142. The van der Waals surface area contributed by atoms with Gasteiger partial charge in [0.25, 0.3) is 5.91 Å². The third kappa shape index (κ3) is 2.71. The van der Waals surface area contributed by atoms with E-state index >= 15 is 0 Å². The van der Waals surface area contributed by atoms with Gasteiger partial charge in [0.2, 0.25) is 0 Å². The number of carboxylic acids is 1. The highest BCUT2D eigenvalue weighted by molar-refractivity contribution is 6.31. The summed E-state index contributed by atoms with van der Waals surface area (Å²) in [5, 5.41) is 9.27. The first-order valence-corrected chi connectivity index (χ1v) is 6.01. The molecule has 2 rings (SSSR count). The Labute approximate surface area is 115 Å². The highest BCUT2D eigenvalue weighted by Gasteiger charge is 2.35. The van der Waals surface area contributed by atoms with Crippen molar-refractivity contribution in [1.82, 2.24) is 0 Å². The van der Waals surface area contributed by atoms with Crippen molar-refractivity contribution in [3.8, 4) is 5.75 Å². The zero-order valence-corrected chi connectivity index (χ0v) is 10.8. The quantitative estimate of drug-likeness (QED) is 0.858. The second-order valence-electron chi connectivity index (χ2n) is 4.05. The minimum Gasteiger partial charge on any atom is -0.481 e. The van der Waals surface area contributed by atoms with E-state index in [1.807, 2.05) is 0 Å². The molecule has 0 fully saturated rings. The van der Waals surface area contributed by atoms with Crippen LogP contribution in [-0.4, -0.2) is 29.6 Å². The van der Waals surface area contributed by atoms with Gasteiger partial charge in [0.15, 0.2) is 6.10 Å². The molecule has 1 aliphatic rings. The predicted molar refractivity (Wildman–Crippen MR) is 70.7 cm³/mol. The lowest BCUT2D eigenvalue weighted by Gasteiger charge is -2.33. The zero-order valence-electron chi connectivity index (χ0n) is 10.0. The van der Waals surface area contributed by atoms with Gasteiger partial charge in [-0.1, -0.05) is 17.7 Å². The number of hydrogen-bond donors (Lipinski definition) is 1. The van der Waals surface area contributed by atoms with E-state index in [1.165, 1.54) is 4.90 Å². The largest absolute Gasteiger partial charge is 0.481 e. The van der Waals surface area contributed by atoms with Crippen LogP contribution in [0.1, 0.15) is 6.42 Å². The van der Waals surface area contributed by atoms with E-state index in [-0.39, 0.29) is 13.0 Å². The third-order valence-corrected chi connectivity index (χ3v) is 2.93. The molecule has 19 heavy (non-hydrogen) atoms. The molecule has 6 heteroatoms. The number of carbonyl (C=O) groups excluding carboxylic acids is 1. The smallest absolute Gasteiger partial charge is 0.307 e. The first kappa shape index (κ1) is 13.4. The van der Waals surface area contributed by atoms with Crippen molar-refractivity contribution < 1.29 is 19.4 Å². The van der Waals surface area contributed by atoms with Gasteiger partial charge in [-0.25, -0.2) is 0 Å². The van der Waals surface area contributed by atoms with Gasteiger partial charge >= 0.3 is 5.97 Å².